The maximum atomic E-state index is 12.6. The second kappa shape index (κ2) is 7.73. The monoisotopic (exact) mass is 379 g/mol. The zero-order chi connectivity index (χ0) is 19.5. The predicted molar refractivity (Wildman–Crippen MR) is 102 cm³/mol. The molecular formula is C19H21N7O2. The molecule has 0 spiro atoms. The second-order valence-electron chi connectivity index (χ2n) is 6.62. The summed E-state index contributed by atoms with van der Waals surface area (Å²) in [4.78, 5) is 29.1. The zero-order valence-electron chi connectivity index (χ0n) is 15.5. The van der Waals surface area contributed by atoms with Gasteiger partial charge in [-0.2, -0.15) is 4.98 Å². The minimum atomic E-state index is -0.193. The molecule has 1 saturated heterocycles. The van der Waals surface area contributed by atoms with Crippen LogP contribution in [0.3, 0.4) is 0 Å². The maximum Gasteiger partial charge on any atom is 0.276 e. The third-order valence-corrected chi connectivity index (χ3v) is 4.91. The van der Waals surface area contributed by atoms with E-state index in [0.717, 1.165) is 5.56 Å². The van der Waals surface area contributed by atoms with Crippen molar-refractivity contribution in [2.75, 3.05) is 31.9 Å². The highest BCUT2D eigenvalue weighted by Crippen LogP contribution is 2.23. The normalized spacial score (nSPS) is 16.1. The molecule has 2 N–H and O–H groups in total. The molecular weight excluding hydrogens is 358 g/mol. The van der Waals surface area contributed by atoms with Gasteiger partial charge in [-0.25, -0.2) is 9.97 Å². The summed E-state index contributed by atoms with van der Waals surface area (Å²) in [5.74, 6) is 1.11. The van der Waals surface area contributed by atoms with Crippen LogP contribution >= 0.6 is 0 Å². The summed E-state index contributed by atoms with van der Waals surface area (Å²) in [7, 11) is 0. The first-order valence-electron chi connectivity index (χ1n) is 9.12. The minimum Gasteiger partial charge on any atom is -0.382 e. The van der Waals surface area contributed by atoms with E-state index >= 15 is 0 Å². The van der Waals surface area contributed by atoms with Crippen molar-refractivity contribution in [3.63, 3.8) is 0 Å². The van der Waals surface area contributed by atoms with E-state index in [1.165, 1.54) is 12.4 Å². The van der Waals surface area contributed by atoms with Crippen LogP contribution in [0.1, 0.15) is 29.3 Å². The van der Waals surface area contributed by atoms with Gasteiger partial charge in [0.2, 0.25) is 11.7 Å². The van der Waals surface area contributed by atoms with Crippen LogP contribution in [-0.4, -0.2) is 62.0 Å². The molecule has 28 heavy (non-hydrogen) atoms. The van der Waals surface area contributed by atoms with Crippen LogP contribution in [0.15, 0.2) is 47.2 Å². The summed E-state index contributed by atoms with van der Waals surface area (Å²) < 4.78 is 5.48. The fourth-order valence-corrected chi connectivity index (χ4v) is 3.24. The van der Waals surface area contributed by atoms with Crippen molar-refractivity contribution in [1.82, 2.24) is 29.9 Å². The van der Waals surface area contributed by atoms with E-state index in [1.54, 1.807) is 4.90 Å². The number of hydrogen-bond acceptors (Lipinski definition) is 8. The lowest BCUT2D eigenvalue weighted by atomic mass is 10.2. The predicted octanol–water partition coefficient (Wildman–Crippen LogP) is 1.63. The van der Waals surface area contributed by atoms with Crippen LogP contribution in [-0.2, 0) is 0 Å². The SMILES string of the molecule is CC(c1nc(-c2ccccc2)no1)N1CCN(C(=O)c2nccnc2N)CC1. The van der Waals surface area contributed by atoms with Crippen LogP contribution in [0.4, 0.5) is 5.82 Å². The zero-order valence-corrected chi connectivity index (χ0v) is 15.5. The molecule has 1 unspecified atom stereocenters. The lowest BCUT2D eigenvalue weighted by Crippen LogP contribution is -2.49. The van der Waals surface area contributed by atoms with Gasteiger partial charge in [0.05, 0.1) is 6.04 Å². The van der Waals surface area contributed by atoms with Crippen LogP contribution in [0, 0.1) is 0 Å². The molecule has 1 aliphatic rings. The lowest BCUT2D eigenvalue weighted by Gasteiger charge is -2.36. The Hall–Kier alpha value is -3.33. The molecule has 0 bridgehead atoms. The van der Waals surface area contributed by atoms with Crippen LogP contribution in [0.2, 0.25) is 0 Å². The molecule has 1 atom stereocenters. The first-order chi connectivity index (χ1) is 13.6. The van der Waals surface area contributed by atoms with E-state index in [2.05, 4.69) is 25.0 Å². The number of hydrogen-bond donors (Lipinski definition) is 1. The Bertz CT molecular complexity index is 952. The van der Waals surface area contributed by atoms with Crippen LogP contribution < -0.4 is 5.73 Å². The quantitative estimate of drug-likeness (QED) is 0.727. The van der Waals surface area contributed by atoms with Crippen molar-refractivity contribution in [2.24, 2.45) is 0 Å². The summed E-state index contributed by atoms with van der Waals surface area (Å²) in [6.07, 6.45) is 2.95. The highest BCUT2D eigenvalue weighted by Gasteiger charge is 2.29. The summed E-state index contributed by atoms with van der Waals surface area (Å²) in [6, 6.07) is 9.68. The van der Waals surface area contributed by atoms with Crippen LogP contribution in [0.5, 0.6) is 0 Å². The first-order valence-corrected chi connectivity index (χ1v) is 9.12. The molecule has 0 radical (unpaired) electrons. The third kappa shape index (κ3) is 3.56. The summed E-state index contributed by atoms with van der Waals surface area (Å²) in [5.41, 5.74) is 6.89. The van der Waals surface area contributed by atoms with E-state index in [-0.39, 0.29) is 23.5 Å². The number of nitrogens with zero attached hydrogens (tertiary/aromatic N) is 6. The Kier molecular flexibility index (Phi) is 4.98. The number of carbonyl (C=O) groups is 1. The molecule has 0 aliphatic carbocycles. The average Bonchev–Trinajstić information content (AvgIpc) is 3.24. The third-order valence-electron chi connectivity index (χ3n) is 4.91. The number of anilines is 1. The first kappa shape index (κ1) is 18.1. The highest BCUT2D eigenvalue weighted by atomic mass is 16.5. The van der Waals surface area contributed by atoms with Gasteiger partial charge in [0.15, 0.2) is 11.5 Å². The van der Waals surface area contributed by atoms with Crippen molar-refractivity contribution in [1.29, 1.82) is 0 Å². The molecule has 3 heterocycles. The number of amides is 1. The molecule has 4 rings (SSSR count). The van der Waals surface area contributed by atoms with Gasteiger partial charge in [-0.3, -0.25) is 9.69 Å². The van der Waals surface area contributed by atoms with Crippen molar-refractivity contribution < 1.29 is 9.32 Å². The van der Waals surface area contributed by atoms with Gasteiger partial charge in [0.1, 0.15) is 0 Å². The Morgan fingerprint density at radius 2 is 1.82 bits per heavy atom. The average molecular weight is 379 g/mol. The van der Waals surface area contributed by atoms with E-state index in [0.29, 0.717) is 37.9 Å². The van der Waals surface area contributed by atoms with Crippen LogP contribution in [0.25, 0.3) is 11.4 Å². The number of aromatic nitrogens is 4. The van der Waals surface area contributed by atoms with E-state index in [1.807, 2.05) is 37.3 Å². The number of nitrogen functional groups attached to an aromatic ring is 1. The molecule has 144 valence electrons. The van der Waals surface area contributed by atoms with Gasteiger partial charge in [0.25, 0.3) is 5.91 Å². The summed E-state index contributed by atoms with van der Waals surface area (Å²) in [6.45, 7) is 4.55. The van der Waals surface area contributed by atoms with Crippen molar-refractivity contribution in [3.8, 4) is 11.4 Å². The summed E-state index contributed by atoms with van der Waals surface area (Å²) in [5, 5.41) is 4.09. The van der Waals surface area contributed by atoms with Crippen molar-refractivity contribution >= 4 is 11.7 Å². The van der Waals surface area contributed by atoms with E-state index in [9.17, 15) is 4.79 Å². The number of piperazine rings is 1. The molecule has 1 fully saturated rings. The van der Waals surface area contributed by atoms with E-state index < -0.39 is 0 Å². The van der Waals surface area contributed by atoms with E-state index in [4.69, 9.17) is 10.3 Å². The van der Waals surface area contributed by atoms with Gasteiger partial charge in [-0.1, -0.05) is 35.5 Å². The molecule has 9 heteroatoms. The standard InChI is InChI=1S/C19H21N7O2/c1-13(18-23-17(24-28-18)14-5-3-2-4-6-14)25-9-11-26(12-10-25)19(27)15-16(20)22-8-7-21-15/h2-8,13H,9-12H2,1H3,(H2,20,22). The molecule has 1 amide bonds. The topological polar surface area (TPSA) is 114 Å². The number of benzene rings is 1. The number of nitrogens with two attached hydrogens (primary N) is 1. The molecule has 1 aliphatic heterocycles. The molecule has 2 aromatic heterocycles. The van der Waals surface area contributed by atoms with Gasteiger partial charge in [-0.05, 0) is 6.92 Å². The fraction of sp³-hybridized carbons (Fsp3) is 0.316. The molecule has 1 aromatic carbocycles. The Morgan fingerprint density at radius 1 is 1.11 bits per heavy atom. The molecule has 3 aromatic rings. The van der Waals surface area contributed by atoms with Crippen molar-refractivity contribution in [2.45, 2.75) is 13.0 Å². The largest absolute Gasteiger partial charge is 0.382 e. The maximum absolute atomic E-state index is 12.6. The van der Waals surface area contributed by atoms with Gasteiger partial charge >= 0.3 is 0 Å². The number of rotatable bonds is 4. The Balaban J connectivity index is 1.39. The smallest absolute Gasteiger partial charge is 0.276 e. The molecule has 9 nitrogen and oxygen atoms in total. The lowest BCUT2D eigenvalue weighted by molar-refractivity contribution is 0.0547. The number of carbonyl (C=O) groups excluding carboxylic acids is 1. The van der Waals surface area contributed by atoms with Gasteiger partial charge in [0, 0.05) is 44.1 Å². The van der Waals surface area contributed by atoms with Crippen molar-refractivity contribution in [3.05, 3.63) is 54.3 Å². The minimum absolute atomic E-state index is 0.0381. The molecule has 0 saturated carbocycles. The summed E-state index contributed by atoms with van der Waals surface area (Å²) >= 11 is 0. The van der Waals surface area contributed by atoms with Gasteiger partial charge < -0.3 is 15.2 Å². The second-order valence-corrected chi connectivity index (χ2v) is 6.62. The Morgan fingerprint density at radius 3 is 2.54 bits per heavy atom. The van der Waals surface area contributed by atoms with Gasteiger partial charge in [-0.15, -0.1) is 0 Å². The Labute approximate surface area is 162 Å². The fourth-order valence-electron chi connectivity index (χ4n) is 3.24. The highest BCUT2D eigenvalue weighted by molar-refractivity contribution is 5.96.